The molecule has 2 aromatic rings. The second-order valence-corrected chi connectivity index (χ2v) is 6.67. The topological polar surface area (TPSA) is 67.2 Å². The maximum absolute atomic E-state index is 13.7. The molecule has 130 valence electrons. The molecule has 0 saturated heterocycles. The molecule has 0 radical (unpaired) electrons. The zero-order valence-corrected chi connectivity index (χ0v) is 13.9. The predicted molar refractivity (Wildman–Crippen MR) is 85.9 cm³/mol. The lowest BCUT2D eigenvalue weighted by atomic mass is 9.87. The molecule has 1 atom stereocenters. The molecule has 0 aliphatic heterocycles. The number of benzene rings is 1. The summed E-state index contributed by atoms with van der Waals surface area (Å²) >= 11 is 0. The van der Waals surface area contributed by atoms with Crippen LogP contribution < -0.4 is 5.32 Å². The minimum atomic E-state index is -0.761. The standard InChI is InChI=1S/C17H21F2N3O2/c1-11(23)7-17(2,3)10-20-16(24)12-8-21-22(9-12)15-5-4-13(18)6-14(15)19/h4-6,8-9,11,23H,7,10H2,1-3H3,(H,20,24). The van der Waals surface area contributed by atoms with Crippen LogP contribution in [0.2, 0.25) is 0 Å². The molecule has 1 unspecified atom stereocenters. The van der Waals surface area contributed by atoms with Gasteiger partial charge in [-0.25, -0.2) is 13.5 Å². The summed E-state index contributed by atoms with van der Waals surface area (Å²) < 4.78 is 27.9. The van der Waals surface area contributed by atoms with Crippen LogP contribution in [0.15, 0.2) is 30.6 Å². The van der Waals surface area contributed by atoms with Crippen LogP contribution >= 0.6 is 0 Å². The molecule has 0 aliphatic rings. The molecular weight excluding hydrogens is 316 g/mol. The molecule has 0 fully saturated rings. The van der Waals surface area contributed by atoms with E-state index in [-0.39, 0.29) is 22.6 Å². The number of aromatic nitrogens is 2. The Hall–Kier alpha value is -2.28. The summed E-state index contributed by atoms with van der Waals surface area (Å²) in [7, 11) is 0. The van der Waals surface area contributed by atoms with Crippen molar-refractivity contribution in [3.8, 4) is 5.69 Å². The van der Waals surface area contributed by atoms with Crippen LogP contribution in [0.5, 0.6) is 0 Å². The van der Waals surface area contributed by atoms with Crippen molar-refractivity contribution in [1.82, 2.24) is 15.1 Å². The third kappa shape index (κ3) is 4.61. The van der Waals surface area contributed by atoms with Crippen molar-refractivity contribution in [2.24, 2.45) is 5.41 Å². The Morgan fingerprint density at radius 2 is 2.12 bits per heavy atom. The number of aliphatic hydroxyl groups excluding tert-OH is 1. The first-order valence-electron chi connectivity index (χ1n) is 7.64. The zero-order valence-electron chi connectivity index (χ0n) is 13.9. The normalized spacial score (nSPS) is 12.9. The number of nitrogens with zero attached hydrogens (tertiary/aromatic N) is 2. The van der Waals surface area contributed by atoms with Crippen molar-refractivity contribution in [2.75, 3.05) is 6.54 Å². The minimum Gasteiger partial charge on any atom is -0.393 e. The maximum atomic E-state index is 13.7. The lowest BCUT2D eigenvalue weighted by Gasteiger charge is -2.26. The highest BCUT2D eigenvalue weighted by Gasteiger charge is 2.22. The number of halogens is 2. The van der Waals surface area contributed by atoms with Gasteiger partial charge in [0.15, 0.2) is 5.82 Å². The Morgan fingerprint density at radius 3 is 2.75 bits per heavy atom. The van der Waals surface area contributed by atoms with Gasteiger partial charge in [-0.15, -0.1) is 0 Å². The van der Waals surface area contributed by atoms with Gasteiger partial charge in [-0.3, -0.25) is 4.79 Å². The summed E-state index contributed by atoms with van der Waals surface area (Å²) in [6.45, 7) is 5.96. The number of nitrogens with one attached hydrogen (secondary N) is 1. The van der Waals surface area contributed by atoms with E-state index in [4.69, 9.17) is 0 Å². The first-order valence-corrected chi connectivity index (χ1v) is 7.64. The van der Waals surface area contributed by atoms with Crippen molar-refractivity contribution in [1.29, 1.82) is 0 Å². The molecule has 0 bridgehead atoms. The van der Waals surface area contributed by atoms with Crippen LogP contribution in [0.25, 0.3) is 5.69 Å². The van der Waals surface area contributed by atoms with E-state index in [1.807, 2.05) is 13.8 Å². The van der Waals surface area contributed by atoms with Crippen molar-refractivity contribution in [3.05, 3.63) is 47.8 Å². The van der Waals surface area contributed by atoms with Gasteiger partial charge in [0.25, 0.3) is 5.91 Å². The lowest BCUT2D eigenvalue weighted by Crippen LogP contribution is -2.35. The second-order valence-electron chi connectivity index (χ2n) is 6.67. The molecule has 0 spiro atoms. The molecule has 0 saturated carbocycles. The number of aliphatic hydroxyl groups is 1. The van der Waals surface area contributed by atoms with Gasteiger partial charge in [0, 0.05) is 18.8 Å². The number of amides is 1. The molecular formula is C17H21F2N3O2. The van der Waals surface area contributed by atoms with E-state index in [0.717, 1.165) is 12.1 Å². The van der Waals surface area contributed by atoms with Crippen molar-refractivity contribution in [3.63, 3.8) is 0 Å². The van der Waals surface area contributed by atoms with Crippen LogP contribution in [0, 0.1) is 17.0 Å². The van der Waals surface area contributed by atoms with Crippen LogP contribution in [0.1, 0.15) is 37.6 Å². The molecule has 7 heteroatoms. The zero-order chi connectivity index (χ0) is 17.9. The first-order chi connectivity index (χ1) is 11.2. The fourth-order valence-electron chi connectivity index (χ4n) is 2.53. The van der Waals surface area contributed by atoms with Gasteiger partial charge in [-0.1, -0.05) is 13.8 Å². The van der Waals surface area contributed by atoms with Gasteiger partial charge in [0.1, 0.15) is 11.5 Å². The summed E-state index contributed by atoms with van der Waals surface area (Å²) in [6.07, 6.45) is 2.79. The van der Waals surface area contributed by atoms with Crippen LogP contribution in [-0.4, -0.2) is 33.4 Å². The molecule has 1 amide bonds. The average molecular weight is 337 g/mol. The average Bonchev–Trinajstić information content (AvgIpc) is 2.93. The largest absolute Gasteiger partial charge is 0.393 e. The second kappa shape index (κ2) is 7.09. The Bertz CT molecular complexity index is 726. The Morgan fingerprint density at radius 1 is 1.42 bits per heavy atom. The van der Waals surface area contributed by atoms with Crippen molar-refractivity contribution < 1.29 is 18.7 Å². The van der Waals surface area contributed by atoms with Crippen LogP contribution in [-0.2, 0) is 0 Å². The summed E-state index contributed by atoms with van der Waals surface area (Å²) in [5.41, 5.74) is 0.0690. The third-order valence-corrected chi connectivity index (χ3v) is 3.58. The SMILES string of the molecule is CC(O)CC(C)(C)CNC(=O)c1cnn(-c2ccc(F)cc2F)c1. The highest BCUT2D eigenvalue weighted by Crippen LogP contribution is 2.21. The Kier molecular flexibility index (Phi) is 5.33. The molecule has 2 N–H and O–H groups in total. The molecule has 1 heterocycles. The fraction of sp³-hybridized carbons (Fsp3) is 0.412. The van der Waals surface area contributed by atoms with E-state index in [1.165, 1.54) is 23.1 Å². The van der Waals surface area contributed by atoms with E-state index in [2.05, 4.69) is 10.4 Å². The molecule has 5 nitrogen and oxygen atoms in total. The van der Waals surface area contributed by atoms with Crippen LogP contribution in [0.3, 0.4) is 0 Å². The highest BCUT2D eigenvalue weighted by molar-refractivity contribution is 5.93. The molecule has 1 aromatic carbocycles. The summed E-state index contributed by atoms with van der Waals surface area (Å²) in [5.74, 6) is -1.78. The Labute approximate surface area is 139 Å². The monoisotopic (exact) mass is 337 g/mol. The Balaban J connectivity index is 2.06. The number of carbonyl (C=O) groups excluding carboxylic acids is 1. The summed E-state index contributed by atoms with van der Waals surface area (Å²) in [6, 6.07) is 3.14. The molecule has 0 aliphatic carbocycles. The minimum absolute atomic E-state index is 0.0601. The van der Waals surface area contributed by atoms with Crippen molar-refractivity contribution >= 4 is 5.91 Å². The van der Waals surface area contributed by atoms with E-state index < -0.39 is 17.7 Å². The summed E-state index contributed by atoms with van der Waals surface area (Å²) in [5, 5.41) is 16.2. The van der Waals surface area contributed by atoms with E-state index >= 15 is 0 Å². The molecule has 1 aromatic heterocycles. The van der Waals surface area contributed by atoms with Crippen LogP contribution in [0.4, 0.5) is 8.78 Å². The summed E-state index contributed by atoms with van der Waals surface area (Å²) in [4.78, 5) is 12.2. The van der Waals surface area contributed by atoms with Gasteiger partial charge in [0.2, 0.25) is 0 Å². The molecule has 2 rings (SSSR count). The van der Waals surface area contributed by atoms with E-state index in [1.54, 1.807) is 6.92 Å². The highest BCUT2D eigenvalue weighted by atomic mass is 19.1. The van der Waals surface area contributed by atoms with Gasteiger partial charge in [-0.05, 0) is 30.9 Å². The quantitative estimate of drug-likeness (QED) is 0.852. The lowest BCUT2D eigenvalue weighted by molar-refractivity contribution is 0.0902. The van der Waals surface area contributed by atoms with E-state index in [9.17, 15) is 18.7 Å². The van der Waals surface area contributed by atoms with E-state index in [0.29, 0.717) is 13.0 Å². The van der Waals surface area contributed by atoms with Gasteiger partial charge in [-0.2, -0.15) is 5.10 Å². The number of carbonyl (C=O) groups is 1. The third-order valence-electron chi connectivity index (χ3n) is 3.58. The number of hydrogen-bond donors (Lipinski definition) is 2. The maximum Gasteiger partial charge on any atom is 0.254 e. The van der Waals surface area contributed by atoms with Crippen molar-refractivity contribution in [2.45, 2.75) is 33.3 Å². The first kappa shape index (κ1) is 18.1. The predicted octanol–water partition coefficient (Wildman–Crippen LogP) is 2.68. The smallest absolute Gasteiger partial charge is 0.254 e. The van der Waals surface area contributed by atoms with Gasteiger partial charge in [0.05, 0.1) is 17.9 Å². The number of hydrogen-bond acceptors (Lipinski definition) is 3. The molecule has 24 heavy (non-hydrogen) atoms. The van der Waals surface area contributed by atoms with Gasteiger partial charge < -0.3 is 10.4 Å². The fourth-order valence-corrected chi connectivity index (χ4v) is 2.53. The number of rotatable bonds is 6. The van der Waals surface area contributed by atoms with Gasteiger partial charge >= 0.3 is 0 Å².